The van der Waals surface area contributed by atoms with Crippen molar-refractivity contribution in [3.8, 4) is 0 Å². The third kappa shape index (κ3) is 5.07. The van der Waals surface area contributed by atoms with Crippen molar-refractivity contribution in [2.45, 2.75) is 65.5 Å². The van der Waals surface area contributed by atoms with E-state index in [2.05, 4.69) is 19.2 Å². The minimum atomic E-state index is -0.247. The molecule has 3 unspecified atom stereocenters. The van der Waals surface area contributed by atoms with Gasteiger partial charge in [-0.1, -0.05) is 26.7 Å². The van der Waals surface area contributed by atoms with Crippen LogP contribution in [0, 0.1) is 11.8 Å². The van der Waals surface area contributed by atoms with Gasteiger partial charge in [-0.25, -0.2) is 0 Å². The summed E-state index contributed by atoms with van der Waals surface area (Å²) in [5.74, 6) is 1.30. The van der Waals surface area contributed by atoms with E-state index in [-0.39, 0.29) is 18.1 Å². The number of nitrogens with one attached hydrogen (secondary N) is 1. The maximum absolute atomic E-state index is 11.8. The Bertz CT molecular complexity index is 257. The number of amides is 1. The van der Waals surface area contributed by atoms with Crippen LogP contribution in [0.1, 0.15) is 53.9 Å². The molecule has 0 aromatic heterocycles. The van der Waals surface area contributed by atoms with E-state index in [1.807, 2.05) is 20.8 Å². The molecule has 0 saturated heterocycles. The molecule has 17 heavy (non-hydrogen) atoms. The molecule has 3 nitrogen and oxygen atoms in total. The Kier molecular flexibility index (Phi) is 4.99. The lowest BCUT2D eigenvalue weighted by Gasteiger charge is -2.34. The predicted molar refractivity (Wildman–Crippen MR) is 69.8 cm³/mol. The number of carbonyl (C=O) groups excluding carboxylic acids is 1. The first-order chi connectivity index (χ1) is 7.79. The maximum Gasteiger partial charge on any atom is 0.246 e. The molecule has 1 rings (SSSR count). The molecule has 1 aliphatic rings. The summed E-state index contributed by atoms with van der Waals surface area (Å²) < 4.78 is 5.48. The monoisotopic (exact) mass is 241 g/mol. The van der Waals surface area contributed by atoms with Gasteiger partial charge < -0.3 is 10.1 Å². The van der Waals surface area contributed by atoms with Crippen molar-refractivity contribution in [1.29, 1.82) is 0 Å². The maximum atomic E-state index is 11.8. The van der Waals surface area contributed by atoms with Crippen LogP contribution in [0.4, 0.5) is 0 Å². The van der Waals surface area contributed by atoms with Gasteiger partial charge in [0.1, 0.15) is 6.61 Å². The zero-order valence-corrected chi connectivity index (χ0v) is 11.9. The Hall–Kier alpha value is -0.570. The summed E-state index contributed by atoms with van der Waals surface area (Å²) >= 11 is 0. The molecule has 1 saturated carbocycles. The van der Waals surface area contributed by atoms with E-state index < -0.39 is 0 Å². The van der Waals surface area contributed by atoms with Crippen molar-refractivity contribution >= 4 is 5.91 Å². The van der Waals surface area contributed by atoms with Gasteiger partial charge in [0, 0.05) is 6.04 Å². The Labute approximate surface area is 105 Å². The van der Waals surface area contributed by atoms with Crippen molar-refractivity contribution < 1.29 is 9.53 Å². The molecule has 1 amide bonds. The summed E-state index contributed by atoms with van der Waals surface area (Å²) in [6.07, 6.45) is 3.61. The molecule has 0 aliphatic heterocycles. The standard InChI is InChI=1S/C14H27NO2/c1-10-7-6-8-12(11(10)2)15-13(16)9-17-14(3,4)5/h10-12H,6-9H2,1-5H3,(H,15,16). The zero-order valence-electron chi connectivity index (χ0n) is 11.9. The Morgan fingerprint density at radius 2 is 1.94 bits per heavy atom. The molecule has 3 heteroatoms. The van der Waals surface area contributed by atoms with Gasteiger partial charge in [0.05, 0.1) is 5.60 Å². The van der Waals surface area contributed by atoms with Crippen LogP contribution in [0.3, 0.4) is 0 Å². The summed E-state index contributed by atoms with van der Waals surface area (Å²) in [4.78, 5) is 11.8. The first kappa shape index (κ1) is 14.5. The van der Waals surface area contributed by atoms with Gasteiger partial charge in [-0.15, -0.1) is 0 Å². The van der Waals surface area contributed by atoms with Crippen molar-refractivity contribution in [2.24, 2.45) is 11.8 Å². The van der Waals surface area contributed by atoms with Crippen molar-refractivity contribution in [3.05, 3.63) is 0 Å². The normalized spacial score (nSPS) is 30.1. The van der Waals surface area contributed by atoms with Crippen LogP contribution in [0.2, 0.25) is 0 Å². The Morgan fingerprint density at radius 1 is 1.29 bits per heavy atom. The highest BCUT2D eigenvalue weighted by Gasteiger charge is 2.28. The highest BCUT2D eigenvalue weighted by atomic mass is 16.5. The molecular weight excluding hydrogens is 214 g/mol. The Balaban J connectivity index is 2.35. The van der Waals surface area contributed by atoms with Crippen LogP contribution < -0.4 is 5.32 Å². The summed E-state index contributed by atoms with van der Waals surface area (Å²) in [6.45, 7) is 10.6. The molecule has 0 aromatic carbocycles. The number of ether oxygens (including phenoxy) is 1. The second-order valence-electron chi connectivity index (χ2n) is 6.34. The summed E-state index contributed by atoms with van der Waals surface area (Å²) in [6, 6.07) is 0.329. The smallest absolute Gasteiger partial charge is 0.246 e. The Morgan fingerprint density at radius 3 is 2.53 bits per heavy atom. The van der Waals surface area contributed by atoms with Gasteiger partial charge in [0.25, 0.3) is 0 Å². The van der Waals surface area contributed by atoms with E-state index in [0.717, 1.165) is 6.42 Å². The number of hydrogen-bond donors (Lipinski definition) is 1. The molecule has 0 spiro atoms. The highest BCUT2D eigenvalue weighted by Crippen LogP contribution is 2.29. The molecule has 1 N–H and O–H groups in total. The molecule has 1 aliphatic carbocycles. The zero-order chi connectivity index (χ0) is 13.1. The second kappa shape index (κ2) is 5.85. The molecular formula is C14H27NO2. The third-order valence-corrected chi connectivity index (χ3v) is 3.69. The molecule has 0 heterocycles. The lowest BCUT2D eigenvalue weighted by molar-refractivity contribution is -0.132. The second-order valence-corrected chi connectivity index (χ2v) is 6.34. The topological polar surface area (TPSA) is 38.3 Å². The minimum Gasteiger partial charge on any atom is -0.366 e. The predicted octanol–water partition coefficient (Wildman–Crippen LogP) is 2.74. The van der Waals surface area contributed by atoms with Crippen LogP contribution in [0.15, 0.2) is 0 Å². The van der Waals surface area contributed by atoms with Crippen molar-refractivity contribution in [1.82, 2.24) is 5.32 Å². The first-order valence-corrected chi connectivity index (χ1v) is 6.73. The molecule has 100 valence electrons. The minimum absolute atomic E-state index is 0.0193. The fourth-order valence-electron chi connectivity index (χ4n) is 2.32. The molecule has 1 fully saturated rings. The fraction of sp³-hybridized carbons (Fsp3) is 0.929. The van der Waals surface area contributed by atoms with Gasteiger partial charge in [-0.2, -0.15) is 0 Å². The van der Waals surface area contributed by atoms with E-state index in [1.165, 1.54) is 12.8 Å². The molecule has 0 radical (unpaired) electrons. The van der Waals surface area contributed by atoms with Gasteiger partial charge in [-0.05, 0) is 39.0 Å². The van der Waals surface area contributed by atoms with E-state index >= 15 is 0 Å². The largest absolute Gasteiger partial charge is 0.366 e. The van der Waals surface area contributed by atoms with Gasteiger partial charge in [-0.3, -0.25) is 4.79 Å². The summed E-state index contributed by atoms with van der Waals surface area (Å²) in [5.41, 5.74) is -0.247. The van der Waals surface area contributed by atoms with Crippen LogP contribution in [0.25, 0.3) is 0 Å². The lowest BCUT2D eigenvalue weighted by atomic mass is 9.78. The van der Waals surface area contributed by atoms with Gasteiger partial charge >= 0.3 is 0 Å². The number of hydrogen-bond acceptors (Lipinski definition) is 2. The van der Waals surface area contributed by atoms with Crippen molar-refractivity contribution in [2.75, 3.05) is 6.61 Å². The van der Waals surface area contributed by atoms with Crippen LogP contribution in [0.5, 0.6) is 0 Å². The van der Waals surface area contributed by atoms with E-state index in [1.54, 1.807) is 0 Å². The molecule has 0 aromatic rings. The first-order valence-electron chi connectivity index (χ1n) is 6.73. The van der Waals surface area contributed by atoms with Gasteiger partial charge in [0.15, 0.2) is 0 Å². The van der Waals surface area contributed by atoms with Crippen molar-refractivity contribution in [3.63, 3.8) is 0 Å². The fourth-order valence-corrected chi connectivity index (χ4v) is 2.32. The average molecular weight is 241 g/mol. The highest BCUT2D eigenvalue weighted by molar-refractivity contribution is 5.77. The molecule has 0 bridgehead atoms. The van der Waals surface area contributed by atoms with Crippen LogP contribution in [-0.4, -0.2) is 24.2 Å². The van der Waals surface area contributed by atoms with Gasteiger partial charge in [0.2, 0.25) is 5.91 Å². The van der Waals surface area contributed by atoms with E-state index in [4.69, 9.17) is 4.74 Å². The SMILES string of the molecule is CC1CCCC(NC(=O)COC(C)(C)C)C1C. The average Bonchev–Trinajstić information content (AvgIpc) is 2.21. The third-order valence-electron chi connectivity index (χ3n) is 3.69. The van der Waals surface area contributed by atoms with E-state index in [0.29, 0.717) is 17.9 Å². The quantitative estimate of drug-likeness (QED) is 0.825. The summed E-state index contributed by atoms with van der Waals surface area (Å²) in [7, 11) is 0. The van der Waals surface area contributed by atoms with Crippen LogP contribution >= 0.6 is 0 Å². The van der Waals surface area contributed by atoms with E-state index in [9.17, 15) is 4.79 Å². The number of rotatable bonds is 3. The van der Waals surface area contributed by atoms with Crippen LogP contribution in [-0.2, 0) is 9.53 Å². The number of carbonyl (C=O) groups is 1. The molecule has 3 atom stereocenters. The summed E-state index contributed by atoms with van der Waals surface area (Å²) in [5, 5.41) is 3.11. The lowest BCUT2D eigenvalue weighted by Crippen LogP contribution is -2.45.